The Hall–Kier alpha value is -1.51. The van der Waals surface area contributed by atoms with Crippen LogP contribution in [0.1, 0.15) is 24.5 Å². The minimum atomic E-state index is 0.638. The molecule has 0 spiro atoms. The van der Waals surface area contributed by atoms with Crippen molar-refractivity contribution in [3.63, 3.8) is 0 Å². The molecule has 0 radical (unpaired) electrons. The Labute approximate surface area is 125 Å². The average molecular weight is 290 g/mol. The molecule has 0 saturated heterocycles. The summed E-state index contributed by atoms with van der Waals surface area (Å²) in [6.07, 6.45) is 1.15. The summed E-state index contributed by atoms with van der Waals surface area (Å²) in [6.45, 7) is 6.10. The molecule has 0 fully saturated rings. The highest BCUT2D eigenvalue weighted by Gasteiger charge is 2.03. The molecule has 0 atom stereocenters. The van der Waals surface area contributed by atoms with Gasteiger partial charge < -0.3 is 10.1 Å². The van der Waals surface area contributed by atoms with Gasteiger partial charge in [-0.2, -0.15) is 0 Å². The van der Waals surface area contributed by atoms with Crippen LogP contribution < -0.4 is 10.1 Å². The Bertz CT molecular complexity index is 551. The van der Waals surface area contributed by atoms with Crippen LogP contribution in [-0.4, -0.2) is 6.54 Å². The zero-order chi connectivity index (χ0) is 14.4. The summed E-state index contributed by atoms with van der Waals surface area (Å²) in [5, 5.41) is 4.01. The maximum Gasteiger partial charge on any atom is 0.146 e. The van der Waals surface area contributed by atoms with Gasteiger partial charge in [-0.1, -0.05) is 36.7 Å². The van der Waals surface area contributed by atoms with E-state index in [9.17, 15) is 0 Å². The van der Waals surface area contributed by atoms with Crippen LogP contribution in [0.15, 0.2) is 42.5 Å². The maximum absolute atomic E-state index is 6.16. The topological polar surface area (TPSA) is 21.3 Å². The lowest BCUT2D eigenvalue weighted by Gasteiger charge is -2.09. The van der Waals surface area contributed by atoms with Gasteiger partial charge >= 0.3 is 0 Å². The second kappa shape index (κ2) is 7.32. The van der Waals surface area contributed by atoms with Crippen LogP contribution in [0.25, 0.3) is 0 Å². The fourth-order valence-electron chi connectivity index (χ4n) is 1.90. The second-order valence-corrected chi connectivity index (χ2v) is 5.26. The lowest BCUT2D eigenvalue weighted by Crippen LogP contribution is -2.13. The molecule has 0 amide bonds. The Morgan fingerprint density at radius 1 is 1.10 bits per heavy atom. The van der Waals surface area contributed by atoms with Crippen molar-refractivity contribution in [1.82, 2.24) is 5.32 Å². The van der Waals surface area contributed by atoms with Gasteiger partial charge in [-0.3, -0.25) is 0 Å². The molecule has 2 nitrogen and oxygen atoms in total. The molecule has 2 aromatic carbocycles. The van der Waals surface area contributed by atoms with Gasteiger partial charge in [0.15, 0.2) is 0 Å². The first-order valence-corrected chi connectivity index (χ1v) is 7.30. The fraction of sp³-hybridized carbons (Fsp3) is 0.294. The highest BCUT2D eigenvalue weighted by Crippen LogP contribution is 2.30. The normalized spacial score (nSPS) is 10.6. The van der Waals surface area contributed by atoms with Crippen molar-refractivity contribution in [2.45, 2.75) is 26.8 Å². The van der Waals surface area contributed by atoms with Gasteiger partial charge in [-0.25, -0.2) is 0 Å². The lowest BCUT2D eigenvalue weighted by molar-refractivity contribution is 0.482. The number of nitrogens with one attached hydrogen (secondary N) is 1. The number of hydrogen-bond donors (Lipinski definition) is 1. The molecule has 2 rings (SSSR count). The SMILES string of the molecule is CCCNCc1ccc(Oc2ccc(C)cc2Cl)cc1. The first-order chi connectivity index (χ1) is 9.69. The van der Waals surface area contributed by atoms with E-state index in [0.717, 1.165) is 30.8 Å². The van der Waals surface area contributed by atoms with E-state index in [1.807, 2.05) is 37.3 Å². The molecular formula is C17H20ClNO. The molecule has 20 heavy (non-hydrogen) atoms. The third-order valence-electron chi connectivity index (χ3n) is 2.99. The minimum absolute atomic E-state index is 0.638. The molecule has 2 aromatic rings. The van der Waals surface area contributed by atoms with Crippen LogP contribution >= 0.6 is 11.6 Å². The third-order valence-corrected chi connectivity index (χ3v) is 3.29. The van der Waals surface area contributed by atoms with E-state index >= 15 is 0 Å². The van der Waals surface area contributed by atoms with E-state index in [0.29, 0.717) is 10.8 Å². The molecule has 3 heteroatoms. The third kappa shape index (κ3) is 4.26. The van der Waals surface area contributed by atoms with Gasteiger partial charge in [0, 0.05) is 6.54 Å². The minimum Gasteiger partial charge on any atom is -0.456 e. The summed E-state index contributed by atoms with van der Waals surface area (Å²) in [5.41, 5.74) is 2.38. The van der Waals surface area contributed by atoms with Gasteiger partial charge in [0.25, 0.3) is 0 Å². The summed E-state index contributed by atoms with van der Waals surface area (Å²) in [4.78, 5) is 0. The van der Waals surface area contributed by atoms with Gasteiger partial charge in [0.1, 0.15) is 11.5 Å². The number of aryl methyl sites for hydroxylation is 1. The molecule has 0 aliphatic carbocycles. The summed E-state index contributed by atoms with van der Waals surface area (Å²) in [7, 11) is 0. The van der Waals surface area contributed by atoms with Gasteiger partial charge in [0.2, 0.25) is 0 Å². The van der Waals surface area contributed by atoms with Crippen molar-refractivity contribution >= 4 is 11.6 Å². The number of ether oxygens (including phenoxy) is 1. The highest BCUT2D eigenvalue weighted by atomic mass is 35.5. The molecule has 0 aliphatic rings. The van der Waals surface area contributed by atoms with Crippen molar-refractivity contribution in [1.29, 1.82) is 0 Å². The van der Waals surface area contributed by atoms with E-state index in [1.165, 1.54) is 5.56 Å². The quantitative estimate of drug-likeness (QED) is 0.761. The molecule has 1 N–H and O–H groups in total. The van der Waals surface area contributed by atoms with Crippen LogP contribution in [0.4, 0.5) is 0 Å². The Kier molecular flexibility index (Phi) is 5.45. The van der Waals surface area contributed by atoms with E-state index < -0.39 is 0 Å². The van der Waals surface area contributed by atoms with E-state index in [4.69, 9.17) is 16.3 Å². The van der Waals surface area contributed by atoms with E-state index in [1.54, 1.807) is 0 Å². The van der Waals surface area contributed by atoms with E-state index in [-0.39, 0.29) is 0 Å². The predicted octanol–water partition coefficient (Wildman–Crippen LogP) is 4.94. The van der Waals surface area contributed by atoms with E-state index in [2.05, 4.69) is 24.4 Å². The zero-order valence-electron chi connectivity index (χ0n) is 11.9. The monoisotopic (exact) mass is 289 g/mol. The van der Waals surface area contributed by atoms with Gasteiger partial charge in [-0.15, -0.1) is 0 Å². The summed E-state index contributed by atoms with van der Waals surface area (Å²) < 4.78 is 5.79. The van der Waals surface area contributed by atoms with Gasteiger partial charge in [-0.05, 0) is 55.3 Å². The Morgan fingerprint density at radius 3 is 2.50 bits per heavy atom. The molecule has 106 valence electrons. The van der Waals surface area contributed by atoms with Crippen molar-refractivity contribution in [3.8, 4) is 11.5 Å². The molecule has 0 heterocycles. The molecule has 0 bridgehead atoms. The number of rotatable bonds is 6. The highest BCUT2D eigenvalue weighted by molar-refractivity contribution is 6.32. The molecule has 0 saturated carbocycles. The maximum atomic E-state index is 6.16. The van der Waals surface area contributed by atoms with Crippen molar-refractivity contribution < 1.29 is 4.74 Å². The first-order valence-electron chi connectivity index (χ1n) is 6.92. The fourth-order valence-corrected chi connectivity index (χ4v) is 2.17. The molecule has 0 aliphatic heterocycles. The average Bonchev–Trinajstić information content (AvgIpc) is 2.44. The van der Waals surface area contributed by atoms with Crippen LogP contribution in [0.5, 0.6) is 11.5 Å². The number of hydrogen-bond acceptors (Lipinski definition) is 2. The predicted molar refractivity (Wildman–Crippen MR) is 84.7 cm³/mol. The number of benzene rings is 2. The van der Waals surface area contributed by atoms with Crippen molar-refractivity contribution in [2.24, 2.45) is 0 Å². The molecule has 0 unspecified atom stereocenters. The van der Waals surface area contributed by atoms with Crippen molar-refractivity contribution in [2.75, 3.05) is 6.54 Å². The summed E-state index contributed by atoms with van der Waals surface area (Å²) in [6, 6.07) is 13.9. The van der Waals surface area contributed by atoms with Crippen LogP contribution in [0.3, 0.4) is 0 Å². The van der Waals surface area contributed by atoms with Crippen LogP contribution in [0, 0.1) is 6.92 Å². The summed E-state index contributed by atoms with van der Waals surface area (Å²) in [5.74, 6) is 1.49. The smallest absolute Gasteiger partial charge is 0.146 e. The second-order valence-electron chi connectivity index (χ2n) is 4.86. The zero-order valence-corrected chi connectivity index (χ0v) is 12.7. The van der Waals surface area contributed by atoms with Gasteiger partial charge in [0.05, 0.1) is 5.02 Å². The van der Waals surface area contributed by atoms with Crippen molar-refractivity contribution in [3.05, 3.63) is 58.6 Å². The first kappa shape index (κ1) is 14.9. The standard InChI is InChI=1S/C17H20ClNO/c1-3-10-19-12-14-5-7-15(8-6-14)20-17-9-4-13(2)11-16(17)18/h4-9,11,19H,3,10,12H2,1-2H3. The van der Waals surface area contributed by atoms with Crippen LogP contribution in [-0.2, 0) is 6.54 Å². The lowest BCUT2D eigenvalue weighted by atomic mass is 10.2. The van der Waals surface area contributed by atoms with Crippen LogP contribution in [0.2, 0.25) is 5.02 Å². The summed E-state index contributed by atoms with van der Waals surface area (Å²) >= 11 is 6.16. The Morgan fingerprint density at radius 2 is 1.85 bits per heavy atom. The Balaban J connectivity index is 1.99. The molecular weight excluding hydrogens is 270 g/mol. The number of halogens is 1. The molecule has 0 aromatic heterocycles. The largest absolute Gasteiger partial charge is 0.456 e.